The fourth-order valence-corrected chi connectivity index (χ4v) is 3.47. The zero-order valence-electron chi connectivity index (χ0n) is 10.5. The first-order valence-corrected chi connectivity index (χ1v) is 7.54. The molecule has 0 radical (unpaired) electrons. The van der Waals surface area contributed by atoms with E-state index in [4.69, 9.17) is 0 Å². The molecule has 19 heavy (non-hydrogen) atoms. The molecule has 3 atom stereocenters. The summed E-state index contributed by atoms with van der Waals surface area (Å²) >= 11 is 0. The Hall–Kier alpha value is -0.880. The van der Waals surface area contributed by atoms with Crippen LogP contribution in [0.15, 0.2) is 24.3 Å². The van der Waals surface area contributed by atoms with E-state index in [0.29, 0.717) is 17.9 Å². The summed E-state index contributed by atoms with van der Waals surface area (Å²) in [5.41, 5.74) is -0.104. The number of hydrogen-bond acceptors (Lipinski definition) is 2. The number of hydrogen-bond donors (Lipinski definition) is 1. The Kier molecular flexibility index (Phi) is 4.30. The second-order valence-electron chi connectivity index (χ2n) is 4.78. The van der Waals surface area contributed by atoms with E-state index in [0.717, 1.165) is 18.6 Å². The van der Waals surface area contributed by atoms with Gasteiger partial charge in [0.2, 0.25) is 0 Å². The maximum Gasteiger partial charge on any atom is 0.416 e. The molecule has 1 N–H and O–H groups in total. The average molecular weight is 291 g/mol. The van der Waals surface area contributed by atoms with Gasteiger partial charge in [0, 0.05) is 27.8 Å². The van der Waals surface area contributed by atoms with Gasteiger partial charge in [0.15, 0.2) is 0 Å². The maximum absolute atomic E-state index is 12.7. The van der Waals surface area contributed by atoms with E-state index < -0.39 is 22.5 Å². The molecule has 1 saturated heterocycles. The van der Waals surface area contributed by atoms with Crippen molar-refractivity contribution in [3.05, 3.63) is 35.4 Å². The van der Waals surface area contributed by atoms with Gasteiger partial charge in [0.1, 0.15) is 0 Å². The van der Waals surface area contributed by atoms with Crippen LogP contribution >= 0.6 is 0 Å². The first-order chi connectivity index (χ1) is 8.88. The SMILES string of the molecule is CC1CCNC(c2cccc(C(F)(F)F)c2)CS1=O. The van der Waals surface area contributed by atoms with Crippen LogP contribution in [0.1, 0.15) is 30.5 Å². The number of benzene rings is 1. The van der Waals surface area contributed by atoms with Crippen LogP contribution in [0, 0.1) is 0 Å². The summed E-state index contributed by atoms with van der Waals surface area (Å²) in [6, 6.07) is 4.98. The van der Waals surface area contributed by atoms with Gasteiger partial charge < -0.3 is 5.32 Å². The van der Waals surface area contributed by atoms with Crippen molar-refractivity contribution < 1.29 is 17.4 Å². The number of nitrogens with one attached hydrogen (secondary N) is 1. The quantitative estimate of drug-likeness (QED) is 0.862. The van der Waals surface area contributed by atoms with Crippen LogP contribution in [-0.4, -0.2) is 21.8 Å². The van der Waals surface area contributed by atoms with Crippen LogP contribution in [0.4, 0.5) is 13.2 Å². The molecule has 1 aliphatic heterocycles. The molecule has 0 bridgehead atoms. The van der Waals surface area contributed by atoms with Gasteiger partial charge in [0.05, 0.1) is 5.56 Å². The van der Waals surface area contributed by atoms with Crippen LogP contribution in [0.5, 0.6) is 0 Å². The minimum absolute atomic E-state index is 0.0864. The second kappa shape index (κ2) is 5.63. The third-order valence-corrected chi connectivity index (χ3v) is 5.13. The highest BCUT2D eigenvalue weighted by molar-refractivity contribution is 7.85. The summed E-state index contributed by atoms with van der Waals surface area (Å²) in [5, 5.41) is 3.26. The molecule has 1 heterocycles. The normalized spacial score (nSPS) is 28.9. The van der Waals surface area contributed by atoms with Crippen molar-refractivity contribution in [1.29, 1.82) is 0 Å². The Morgan fingerprint density at radius 3 is 2.79 bits per heavy atom. The standard InChI is InChI=1S/C13H16F3NOS/c1-9-5-6-17-12(8-19(9)18)10-3-2-4-11(7-10)13(14,15)16/h2-4,7,9,12,17H,5-6,8H2,1H3. The van der Waals surface area contributed by atoms with Crippen LogP contribution in [0.3, 0.4) is 0 Å². The highest BCUT2D eigenvalue weighted by atomic mass is 32.2. The van der Waals surface area contributed by atoms with E-state index in [1.54, 1.807) is 6.07 Å². The smallest absolute Gasteiger partial charge is 0.309 e. The summed E-state index contributed by atoms with van der Waals surface area (Å²) in [6.45, 7) is 2.58. The Bertz CT molecular complexity index is 475. The highest BCUT2D eigenvalue weighted by Gasteiger charge is 2.31. The summed E-state index contributed by atoms with van der Waals surface area (Å²) in [6.07, 6.45) is -3.56. The van der Waals surface area contributed by atoms with Crippen molar-refractivity contribution in [3.8, 4) is 0 Å². The summed E-state index contributed by atoms with van der Waals surface area (Å²) < 4.78 is 49.9. The minimum Gasteiger partial charge on any atom is -0.309 e. The lowest BCUT2D eigenvalue weighted by Gasteiger charge is -2.17. The van der Waals surface area contributed by atoms with Gasteiger partial charge in [-0.15, -0.1) is 0 Å². The van der Waals surface area contributed by atoms with E-state index in [2.05, 4.69) is 5.32 Å². The van der Waals surface area contributed by atoms with Crippen LogP contribution in [-0.2, 0) is 17.0 Å². The van der Waals surface area contributed by atoms with Gasteiger partial charge in [-0.3, -0.25) is 4.21 Å². The summed E-state index contributed by atoms with van der Waals surface area (Å²) in [4.78, 5) is 0. The third kappa shape index (κ3) is 3.57. The molecule has 1 aromatic rings. The Balaban J connectivity index is 2.24. The molecule has 0 aliphatic carbocycles. The van der Waals surface area contributed by atoms with E-state index in [9.17, 15) is 17.4 Å². The first kappa shape index (κ1) is 14.5. The number of rotatable bonds is 1. The van der Waals surface area contributed by atoms with E-state index in [-0.39, 0.29) is 11.3 Å². The fraction of sp³-hybridized carbons (Fsp3) is 0.538. The molecule has 0 spiro atoms. The zero-order chi connectivity index (χ0) is 14.0. The molecule has 1 fully saturated rings. The van der Waals surface area contributed by atoms with Crippen molar-refractivity contribution in [2.45, 2.75) is 30.8 Å². The zero-order valence-corrected chi connectivity index (χ0v) is 11.4. The van der Waals surface area contributed by atoms with Crippen molar-refractivity contribution in [2.75, 3.05) is 12.3 Å². The third-order valence-electron chi connectivity index (χ3n) is 3.34. The largest absolute Gasteiger partial charge is 0.416 e. The van der Waals surface area contributed by atoms with Crippen molar-refractivity contribution in [1.82, 2.24) is 5.32 Å². The van der Waals surface area contributed by atoms with Gasteiger partial charge in [0.25, 0.3) is 0 Å². The minimum atomic E-state index is -4.34. The molecule has 2 nitrogen and oxygen atoms in total. The second-order valence-corrected chi connectivity index (χ2v) is 6.68. The number of alkyl halides is 3. The Labute approximate surface area is 112 Å². The highest BCUT2D eigenvalue weighted by Crippen LogP contribution is 2.31. The van der Waals surface area contributed by atoms with Crippen molar-refractivity contribution in [3.63, 3.8) is 0 Å². The van der Waals surface area contributed by atoms with Crippen LogP contribution < -0.4 is 5.32 Å². The van der Waals surface area contributed by atoms with Crippen LogP contribution in [0.25, 0.3) is 0 Å². The molecule has 1 aliphatic rings. The molecule has 1 aromatic carbocycles. The van der Waals surface area contributed by atoms with E-state index in [1.807, 2.05) is 6.92 Å². The van der Waals surface area contributed by atoms with Gasteiger partial charge in [-0.05, 0) is 30.7 Å². The lowest BCUT2D eigenvalue weighted by atomic mass is 10.0. The maximum atomic E-state index is 12.7. The average Bonchev–Trinajstić information content (AvgIpc) is 2.51. The molecule has 0 saturated carbocycles. The topological polar surface area (TPSA) is 29.1 Å². The van der Waals surface area contributed by atoms with E-state index >= 15 is 0 Å². The van der Waals surface area contributed by atoms with Gasteiger partial charge in [-0.1, -0.05) is 19.1 Å². The lowest BCUT2D eigenvalue weighted by molar-refractivity contribution is -0.137. The van der Waals surface area contributed by atoms with Gasteiger partial charge >= 0.3 is 6.18 Å². The molecule has 2 rings (SSSR count). The predicted molar refractivity (Wildman–Crippen MR) is 69.3 cm³/mol. The molecule has 0 amide bonds. The molecule has 0 aromatic heterocycles. The molecular formula is C13H16F3NOS. The number of halogens is 3. The van der Waals surface area contributed by atoms with Gasteiger partial charge in [-0.2, -0.15) is 13.2 Å². The van der Waals surface area contributed by atoms with Crippen LogP contribution in [0.2, 0.25) is 0 Å². The van der Waals surface area contributed by atoms with Crippen molar-refractivity contribution in [2.24, 2.45) is 0 Å². The molecule has 6 heteroatoms. The molecular weight excluding hydrogens is 275 g/mol. The Morgan fingerprint density at radius 1 is 1.37 bits per heavy atom. The van der Waals surface area contributed by atoms with Crippen molar-refractivity contribution >= 4 is 10.8 Å². The lowest BCUT2D eigenvalue weighted by Crippen LogP contribution is -2.24. The molecule has 3 unspecified atom stereocenters. The predicted octanol–water partition coefficient (Wildman–Crippen LogP) is 2.88. The Morgan fingerprint density at radius 2 is 2.11 bits per heavy atom. The van der Waals surface area contributed by atoms with E-state index in [1.165, 1.54) is 6.07 Å². The summed E-state index contributed by atoms with van der Waals surface area (Å²) in [5.74, 6) is 0.364. The first-order valence-electron chi connectivity index (χ1n) is 6.15. The van der Waals surface area contributed by atoms with Gasteiger partial charge in [-0.25, -0.2) is 0 Å². The fourth-order valence-electron chi connectivity index (χ4n) is 2.13. The monoisotopic (exact) mass is 291 g/mol. The molecule has 106 valence electrons. The summed E-state index contributed by atoms with van der Waals surface area (Å²) in [7, 11) is -1.00.